The van der Waals surface area contributed by atoms with Crippen LogP contribution >= 0.6 is 0 Å². The Balaban J connectivity index is 1.92. The van der Waals surface area contributed by atoms with Crippen molar-refractivity contribution < 1.29 is 37.7 Å². The van der Waals surface area contributed by atoms with E-state index in [0.717, 1.165) is 4.90 Å². The van der Waals surface area contributed by atoms with Gasteiger partial charge in [-0.15, -0.1) is 0 Å². The molecule has 0 saturated carbocycles. The van der Waals surface area contributed by atoms with E-state index in [1.54, 1.807) is 30.3 Å². The first-order valence-corrected chi connectivity index (χ1v) is 10.2. The van der Waals surface area contributed by atoms with Gasteiger partial charge in [-0.3, -0.25) is 14.5 Å². The Morgan fingerprint density at radius 3 is 2.39 bits per heavy atom. The number of esters is 1. The van der Waals surface area contributed by atoms with Gasteiger partial charge in [-0.25, -0.2) is 0 Å². The highest BCUT2D eigenvalue weighted by molar-refractivity contribution is 6.17. The van der Waals surface area contributed by atoms with Crippen LogP contribution in [0.1, 0.15) is 41.6 Å². The summed E-state index contributed by atoms with van der Waals surface area (Å²) in [5.41, 5.74) is 0.768. The van der Waals surface area contributed by atoms with Crippen molar-refractivity contribution in [1.29, 1.82) is 0 Å². The first-order chi connectivity index (χ1) is 15.8. The van der Waals surface area contributed by atoms with Crippen molar-refractivity contribution in [1.82, 2.24) is 0 Å². The van der Waals surface area contributed by atoms with Crippen molar-refractivity contribution in [3.8, 4) is 17.2 Å². The van der Waals surface area contributed by atoms with Gasteiger partial charge in [0, 0.05) is 23.4 Å². The number of anilines is 1. The van der Waals surface area contributed by atoms with Crippen LogP contribution in [0.3, 0.4) is 0 Å². The number of rotatable bonds is 6. The molecule has 0 spiro atoms. The molecule has 0 fully saturated rings. The van der Waals surface area contributed by atoms with Gasteiger partial charge in [0.2, 0.25) is 0 Å². The number of carbonyl (C=O) groups is 2. The first kappa shape index (κ1) is 22.5. The first-order valence-electron chi connectivity index (χ1n) is 10.2. The molecule has 1 N–H and O–H groups in total. The number of hydrogen-bond donors (Lipinski definition) is 1. The number of ether oxygens (including phenoxy) is 3. The van der Waals surface area contributed by atoms with Gasteiger partial charge in [-0.05, 0) is 30.2 Å². The maximum Gasteiger partial charge on any atom is 0.387 e. The SMILES string of the molecule is CCc1cc(N2C(=O)c3c(c(OC(F)F)c4ccccc4c3OC)C2O)ccc1OC(C)=O. The smallest absolute Gasteiger partial charge is 0.387 e. The van der Waals surface area contributed by atoms with Gasteiger partial charge in [-0.2, -0.15) is 8.78 Å². The quantitative estimate of drug-likeness (QED) is 0.431. The summed E-state index contributed by atoms with van der Waals surface area (Å²) in [7, 11) is 1.36. The van der Waals surface area contributed by atoms with Crippen LogP contribution in [-0.4, -0.2) is 30.7 Å². The number of halogens is 2. The minimum atomic E-state index is -3.17. The summed E-state index contributed by atoms with van der Waals surface area (Å²) in [6.45, 7) is -0.0518. The Bertz CT molecular complexity index is 1260. The number of nitrogens with zero attached hydrogens (tertiary/aromatic N) is 1. The summed E-state index contributed by atoms with van der Waals surface area (Å²) in [4.78, 5) is 25.9. The van der Waals surface area contributed by atoms with Gasteiger partial charge in [0.05, 0.1) is 18.2 Å². The maximum atomic E-state index is 13.5. The number of benzene rings is 3. The molecule has 7 nitrogen and oxygen atoms in total. The second kappa shape index (κ2) is 8.67. The predicted octanol–water partition coefficient (Wildman–Crippen LogP) is 4.59. The highest BCUT2D eigenvalue weighted by Crippen LogP contribution is 2.50. The maximum absolute atomic E-state index is 13.5. The van der Waals surface area contributed by atoms with Gasteiger partial charge in [-0.1, -0.05) is 31.2 Å². The fraction of sp³-hybridized carbons (Fsp3) is 0.250. The molecule has 1 heterocycles. The lowest BCUT2D eigenvalue weighted by molar-refractivity contribution is -0.131. The van der Waals surface area contributed by atoms with Crippen LogP contribution in [0, 0.1) is 0 Å². The summed E-state index contributed by atoms with van der Waals surface area (Å²) in [5.74, 6) is -0.931. The number of aryl methyl sites for hydroxylation is 1. The molecule has 0 saturated heterocycles. The minimum absolute atomic E-state index is 0.0542. The summed E-state index contributed by atoms with van der Waals surface area (Å²) < 4.78 is 42.1. The van der Waals surface area contributed by atoms with Crippen LogP contribution in [0.4, 0.5) is 14.5 Å². The van der Waals surface area contributed by atoms with Crippen molar-refractivity contribution >= 4 is 28.3 Å². The van der Waals surface area contributed by atoms with Crippen LogP contribution < -0.4 is 19.1 Å². The fourth-order valence-electron chi connectivity index (χ4n) is 4.15. The molecule has 0 bridgehead atoms. The van der Waals surface area contributed by atoms with E-state index in [1.165, 1.54) is 26.2 Å². The van der Waals surface area contributed by atoms with E-state index >= 15 is 0 Å². The van der Waals surface area contributed by atoms with Crippen molar-refractivity contribution in [2.45, 2.75) is 33.1 Å². The van der Waals surface area contributed by atoms with E-state index in [-0.39, 0.29) is 28.0 Å². The number of aliphatic hydroxyl groups excluding tert-OH is 1. The number of amides is 1. The highest BCUT2D eigenvalue weighted by Gasteiger charge is 2.43. The van der Waals surface area contributed by atoms with Crippen molar-refractivity contribution in [3.63, 3.8) is 0 Å². The molecule has 9 heteroatoms. The van der Waals surface area contributed by atoms with Gasteiger partial charge in [0.25, 0.3) is 5.91 Å². The molecule has 0 radical (unpaired) electrons. The third-order valence-corrected chi connectivity index (χ3v) is 5.46. The van der Waals surface area contributed by atoms with E-state index in [2.05, 4.69) is 0 Å². The van der Waals surface area contributed by atoms with Gasteiger partial charge < -0.3 is 19.3 Å². The molecule has 3 aromatic rings. The number of alkyl halides is 2. The predicted molar refractivity (Wildman–Crippen MR) is 116 cm³/mol. The second-order valence-corrected chi connectivity index (χ2v) is 7.36. The number of methoxy groups -OCH3 is 1. The lowest BCUT2D eigenvalue weighted by Gasteiger charge is -2.23. The van der Waals surface area contributed by atoms with E-state index in [0.29, 0.717) is 28.8 Å². The van der Waals surface area contributed by atoms with Crippen molar-refractivity contribution in [2.24, 2.45) is 0 Å². The Labute approximate surface area is 188 Å². The number of carbonyl (C=O) groups excluding carboxylic acids is 2. The minimum Gasteiger partial charge on any atom is -0.495 e. The largest absolute Gasteiger partial charge is 0.495 e. The summed E-state index contributed by atoms with van der Waals surface area (Å²) in [6.07, 6.45) is -1.13. The number of hydrogen-bond acceptors (Lipinski definition) is 6. The van der Waals surface area contributed by atoms with E-state index < -0.39 is 24.7 Å². The van der Waals surface area contributed by atoms with Gasteiger partial charge in [0.15, 0.2) is 6.23 Å². The molecule has 172 valence electrons. The summed E-state index contributed by atoms with van der Waals surface area (Å²) in [6, 6.07) is 11.1. The van der Waals surface area contributed by atoms with Crippen LogP contribution in [0.2, 0.25) is 0 Å². The monoisotopic (exact) mass is 457 g/mol. The molecular weight excluding hydrogens is 436 g/mol. The van der Waals surface area contributed by atoms with E-state index in [1.807, 2.05) is 6.92 Å². The van der Waals surface area contributed by atoms with E-state index in [4.69, 9.17) is 14.2 Å². The lowest BCUT2D eigenvalue weighted by atomic mass is 9.98. The van der Waals surface area contributed by atoms with Crippen molar-refractivity contribution in [3.05, 3.63) is 59.2 Å². The Morgan fingerprint density at radius 2 is 1.82 bits per heavy atom. The van der Waals surface area contributed by atoms with E-state index in [9.17, 15) is 23.5 Å². The zero-order valence-electron chi connectivity index (χ0n) is 18.1. The number of aliphatic hydroxyl groups is 1. The molecule has 1 aliphatic rings. The lowest BCUT2D eigenvalue weighted by Crippen LogP contribution is -2.27. The summed E-state index contributed by atoms with van der Waals surface area (Å²) in [5, 5.41) is 11.8. The molecule has 1 unspecified atom stereocenters. The fourth-order valence-corrected chi connectivity index (χ4v) is 4.15. The Morgan fingerprint density at radius 1 is 1.15 bits per heavy atom. The van der Waals surface area contributed by atoms with Crippen LogP contribution in [-0.2, 0) is 11.2 Å². The third kappa shape index (κ3) is 3.74. The highest BCUT2D eigenvalue weighted by atomic mass is 19.3. The molecular formula is C24H21F2NO6. The zero-order valence-corrected chi connectivity index (χ0v) is 18.1. The zero-order chi connectivity index (χ0) is 23.9. The van der Waals surface area contributed by atoms with Crippen molar-refractivity contribution in [2.75, 3.05) is 12.0 Å². The second-order valence-electron chi connectivity index (χ2n) is 7.36. The number of fused-ring (bicyclic) bond motifs is 2. The Kier molecular flexibility index (Phi) is 5.90. The molecule has 33 heavy (non-hydrogen) atoms. The van der Waals surface area contributed by atoms with Crippen LogP contribution in [0.5, 0.6) is 17.2 Å². The Hall–Kier alpha value is -3.72. The molecule has 0 aliphatic carbocycles. The summed E-state index contributed by atoms with van der Waals surface area (Å²) >= 11 is 0. The van der Waals surface area contributed by atoms with Crippen LogP contribution in [0.25, 0.3) is 10.8 Å². The van der Waals surface area contributed by atoms with Gasteiger partial charge >= 0.3 is 12.6 Å². The molecule has 1 amide bonds. The molecule has 0 aromatic heterocycles. The molecule has 3 aromatic carbocycles. The van der Waals surface area contributed by atoms with Crippen LogP contribution in [0.15, 0.2) is 42.5 Å². The average molecular weight is 457 g/mol. The average Bonchev–Trinajstić information content (AvgIpc) is 3.04. The third-order valence-electron chi connectivity index (χ3n) is 5.46. The standard InChI is InChI=1S/C24H21F2NO6/c1-4-13-11-14(9-10-17(13)32-12(2)28)27-22(29)18-19(23(27)30)21(33-24(25)26)16-8-6-5-7-15(16)20(18)31-3/h5-11,23-24,30H,4H2,1-3H3. The normalized spacial score (nSPS) is 15.2. The molecule has 4 rings (SSSR count). The van der Waals surface area contributed by atoms with Gasteiger partial charge in [0.1, 0.15) is 17.2 Å². The topological polar surface area (TPSA) is 85.3 Å². The molecule has 1 atom stereocenters. The molecule has 1 aliphatic heterocycles.